The number of nitrogens with two attached hydrogens (primary N) is 1. The lowest BCUT2D eigenvalue weighted by Crippen LogP contribution is -2.38. The van der Waals surface area contributed by atoms with Crippen LogP contribution < -0.4 is 10.6 Å². The molecule has 3 rings (SSSR count). The van der Waals surface area contributed by atoms with Crippen LogP contribution in [0.5, 0.6) is 0 Å². The van der Waals surface area contributed by atoms with Gasteiger partial charge in [0.1, 0.15) is 12.0 Å². The van der Waals surface area contributed by atoms with Crippen molar-refractivity contribution in [2.24, 2.45) is 17.6 Å². The van der Waals surface area contributed by atoms with Gasteiger partial charge in [-0.05, 0) is 40.6 Å². The predicted molar refractivity (Wildman–Crippen MR) is 79.6 cm³/mol. The Hall–Kier alpha value is -1.21. The maximum atomic E-state index is 10.7. The zero-order valence-corrected chi connectivity index (χ0v) is 12.6. The number of pyridine rings is 1. The Bertz CT molecular complexity index is 539. The van der Waals surface area contributed by atoms with E-state index in [1.54, 1.807) is 0 Å². The molecule has 3 atom stereocenters. The van der Waals surface area contributed by atoms with Gasteiger partial charge in [0.25, 0.3) is 5.69 Å². The van der Waals surface area contributed by atoms with Crippen molar-refractivity contribution in [3.63, 3.8) is 0 Å². The van der Waals surface area contributed by atoms with Crippen LogP contribution in [0.1, 0.15) is 19.3 Å². The summed E-state index contributed by atoms with van der Waals surface area (Å²) < 4.78 is 0.680. The highest BCUT2D eigenvalue weighted by Gasteiger charge is 2.39. The van der Waals surface area contributed by atoms with E-state index >= 15 is 0 Å². The minimum Gasteiger partial charge on any atom is -0.355 e. The molecule has 0 amide bonds. The summed E-state index contributed by atoms with van der Waals surface area (Å²) >= 11 is 3.40. The van der Waals surface area contributed by atoms with Crippen LogP contribution in [-0.2, 0) is 0 Å². The van der Waals surface area contributed by atoms with E-state index in [-0.39, 0.29) is 11.7 Å². The van der Waals surface area contributed by atoms with E-state index in [0.717, 1.165) is 25.3 Å². The molecule has 108 valence electrons. The van der Waals surface area contributed by atoms with E-state index in [1.807, 2.05) is 0 Å². The Kier molecular flexibility index (Phi) is 3.64. The highest BCUT2D eigenvalue weighted by molar-refractivity contribution is 9.10. The van der Waals surface area contributed by atoms with Crippen molar-refractivity contribution in [1.82, 2.24) is 4.98 Å². The number of aromatic nitrogens is 1. The van der Waals surface area contributed by atoms with Gasteiger partial charge in [-0.15, -0.1) is 0 Å². The Morgan fingerprint density at radius 2 is 2.25 bits per heavy atom. The molecule has 2 heterocycles. The first-order valence-corrected chi connectivity index (χ1v) is 7.66. The van der Waals surface area contributed by atoms with Gasteiger partial charge in [-0.25, -0.2) is 4.98 Å². The number of anilines is 1. The molecule has 2 aliphatic rings. The molecular formula is C13H17BrN4O2. The van der Waals surface area contributed by atoms with Crippen LogP contribution in [0.15, 0.2) is 16.7 Å². The Labute approximate surface area is 125 Å². The summed E-state index contributed by atoms with van der Waals surface area (Å²) in [6, 6.07) is 1.79. The Balaban J connectivity index is 1.82. The summed E-state index contributed by atoms with van der Waals surface area (Å²) in [4.78, 5) is 16.8. The predicted octanol–water partition coefficient (Wildman–Crippen LogP) is 2.32. The topological polar surface area (TPSA) is 85.3 Å². The zero-order chi connectivity index (χ0) is 14.3. The van der Waals surface area contributed by atoms with E-state index in [9.17, 15) is 10.1 Å². The Morgan fingerprint density at radius 3 is 2.90 bits per heavy atom. The standard InChI is InChI=1S/C13H17BrN4O2/c14-11-4-9(18(19)20)5-16-13(11)17-6-8-2-1-3-12(15)10(8)7-17/h4-5,8,10,12H,1-3,6-7,15H2. The van der Waals surface area contributed by atoms with Crippen LogP contribution in [0.25, 0.3) is 0 Å². The summed E-state index contributed by atoms with van der Waals surface area (Å²) in [6.07, 6.45) is 4.84. The SMILES string of the molecule is NC1CCCC2CN(c3ncc([N+](=O)[O-])cc3Br)CC12. The van der Waals surface area contributed by atoms with E-state index < -0.39 is 4.92 Å². The summed E-state index contributed by atoms with van der Waals surface area (Å²) in [5.41, 5.74) is 6.22. The third-order valence-electron chi connectivity index (χ3n) is 4.47. The first-order valence-electron chi connectivity index (χ1n) is 6.86. The van der Waals surface area contributed by atoms with Crippen molar-refractivity contribution >= 4 is 27.4 Å². The largest absolute Gasteiger partial charge is 0.355 e. The summed E-state index contributed by atoms with van der Waals surface area (Å²) in [5.74, 6) is 1.94. The zero-order valence-electron chi connectivity index (χ0n) is 11.0. The molecular weight excluding hydrogens is 324 g/mol. The molecule has 0 radical (unpaired) electrons. The van der Waals surface area contributed by atoms with Crippen molar-refractivity contribution in [3.05, 3.63) is 26.9 Å². The van der Waals surface area contributed by atoms with E-state index in [1.165, 1.54) is 25.1 Å². The molecule has 1 aliphatic carbocycles. The molecule has 6 nitrogen and oxygen atoms in total. The normalized spacial score (nSPS) is 29.3. The molecule has 0 bridgehead atoms. The van der Waals surface area contributed by atoms with Gasteiger partial charge in [0.05, 0.1) is 9.40 Å². The molecule has 1 saturated carbocycles. The third kappa shape index (κ3) is 2.40. The van der Waals surface area contributed by atoms with Crippen LogP contribution >= 0.6 is 15.9 Å². The fraction of sp³-hybridized carbons (Fsp3) is 0.615. The second-order valence-corrected chi connectivity index (χ2v) is 6.53. The molecule has 1 aromatic heterocycles. The lowest BCUT2D eigenvalue weighted by atomic mass is 9.78. The number of halogens is 1. The average molecular weight is 341 g/mol. The van der Waals surface area contributed by atoms with Crippen LogP contribution in [0.2, 0.25) is 0 Å². The fourth-order valence-electron chi connectivity index (χ4n) is 3.44. The quantitative estimate of drug-likeness (QED) is 0.659. The number of fused-ring (bicyclic) bond motifs is 1. The molecule has 0 spiro atoms. The second-order valence-electron chi connectivity index (χ2n) is 5.68. The van der Waals surface area contributed by atoms with Crippen molar-refractivity contribution in [3.8, 4) is 0 Å². The number of nitro groups is 1. The minimum absolute atomic E-state index is 0.00828. The molecule has 2 N–H and O–H groups in total. The molecule has 0 aromatic carbocycles. The monoisotopic (exact) mass is 340 g/mol. The van der Waals surface area contributed by atoms with Crippen molar-refractivity contribution in [2.45, 2.75) is 25.3 Å². The molecule has 2 fully saturated rings. The van der Waals surface area contributed by atoms with Gasteiger partial charge in [0, 0.05) is 25.2 Å². The number of hydrogen-bond acceptors (Lipinski definition) is 5. The average Bonchev–Trinajstić information content (AvgIpc) is 2.83. The van der Waals surface area contributed by atoms with Crippen molar-refractivity contribution < 1.29 is 4.92 Å². The molecule has 1 saturated heterocycles. The highest BCUT2D eigenvalue weighted by atomic mass is 79.9. The number of hydrogen-bond donors (Lipinski definition) is 1. The maximum Gasteiger partial charge on any atom is 0.288 e. The smallest absolute Gasteiger partial charge is 0.288 e. The van der Waals surface area contributed by atoms with Gasteiger partial charge < -0.3 is 10.6 Å². The summed E-state index contributed by atoms with van der Waals surface area (Å²) in [6.45, 7) is 1.84. The van der Waals surface area contributed by atoms with Gasteiger partial charge in [-0.2, -0.15) is 0 Å². The first-order chi connectivity index (χ1) is 9.56. The van der Waals surface area contributed by atoms with Crippen LogP contribution in [0, 0.1) is 22.0 Å². The van der Waals surface area contributed by atoms with E-state index in [4.69, 9.17) is 5.73 Å². The summed E-state index contributed by atoms with van der Waals surface area (Å²) in [7, 11) is 0. The van der Waals surface area contributed by atoms with Crippen LogP contribution in [0.4, 0.5) is 11.5 Å². The van der Waals surface area contributed by atoms with Gasteiger partial charge >= 0.3 is 0 Å². The van der Waals surface area contributed by atoms with Crippen LogP contribution in [0.3, 0.4) is 0 Å². The minimum atomic E-state index is -0.429. The summed E-state index contributed by atoms with van der Waals surface area (Å²) in [5, 5.41) is 10.7. The van der Waals surface area contributed by atoms with Crippen molar-refractivity contribution in [1.29, 1.82) is 0 Å². The second kappa shape index (κ2) is 5.29. The molecule has 1 aliphatic heterocycles. The van der Waals surface area contributed by atoms with Gasteiger partial charge in [0.15, 0.2) is 0 Å². The van der Waals surface area contributed by atoms with Gasteiger partial charge in [-0.3, -0.25) is 10.1 Å². The molecule has 1 aromatic rings. The maximum absolute atomic E-state index is 10.7. The lowest BCUT2D eigenvalue weighted by molar-refractivity contribution is -0.385. The van der Waals surface area contributed by atoms with Gasteiger partial charge in [0.2, 0.25) is 0 Å². The lowest BCUT2D eigenvalue weighted by Gasteiger charge is -2.29. The van der Waals surface area contributed by atoms with Crippen molar-refractivity contribution in [2.75, 3.05) is 18.0 Å². The molecule has 3 unspecified atom stereocenters. The number of rotatable bonds is 2. The molecule has 7 heteroatoms. The fourth-order valence-corrected chi connectivity index (χ4v) is 4.03. The first kappa shape index (κ1) is 13.8. The van der Waals surface area contributed by atoms with Gasteiger partial charge in [-0.1, -0.05) is 6.42 Å². The number of nitrogens with zero attached hydrogens (tertiary/aromatic N) is 3. The van der Waals surface area contributed by atoms with E-state index in [2.05, 4.69) is 25.8 Å². The van der Waals surface area contributed by atoms with E-state index in [0.29, 0.717) is 16.3 Å². The van der Waals surface area contributed by atoms with Crippen LogP contribution in [-0.4, -0.2) is 29.0 Å². The third-order valence-corrected chi connectivity index (χ3v) is 5.06. The molecule has 20 heavy (non-hydrogen) atoms. The Morgan fingerprint density at radius 1 is 1.45 bits per heavy atom. The highest BCUT2D eigenvalue weighted by Crippen LogP contribution is 2.39.